The third kappa shape index (κ3) is 4.11. The smallest absolute Gasteiger partial charge is 0.338 e. The van der Waals surface area contributed by atoms with E-state index >= 15 is 0 Å². The van der Waals surface area contributed by atoms with Gasteiger partial charge in [-0.05, 0) is 43.3 Å². The molecule has 0 saturated carbocycles. The number of amides is 1. The second-order valence-electron chi connectivity index (χ2n) is 5.27. The Balaban J connectivity index is 1.51. The Kier molecular flexibility index (Phi) is 4.89. The lowest BCUT2D eigenvalue weighted by atomic mass is 10.2. The van der Waals surface area contributed by atoms with E-state index in [4.69, 9.17) is 9.15 Å². The zero-order valence-corrected chi connectivity index (χ0v) is 13.5. The van der Waals surface area contributed by atoms with Crippen molar-refractivity contribution in [2.45, 2.75) is 13.0 Å². The van der Waals surface area contributed by atoms with Crippen LogP contribution in [0.5, 0.6) is 0 Å². The van der Waals surface area contributed by atoms with Crippen LogP contribution in [0.1, 0.15) is 29.1 Å². The molecule has 0 aliphatic rings. The fourth-order valence-electron chi connectivity index (χ4n) is 2.20. The predicted molar refractivity (Wildman–Crippen MR) is 86.9 cm³/mol. The molecule has 3 aromatic rings. The summed E-state index contributed by atoms with van der Waals surface area (Å²) in [7, 11) is 0. The van der Waals surface area contributed by atoms with Gasteiger partial charge in [0.25, 0.3) is 5.91 Å². The maximum absolute atomic E-state index is 12.0. The summed E-state index contributed by atoms with van der Waals surface area (Å²) in [5.74, 6) is -0.356. The van der Waals surface area contributed by atoms with Gasteiger partial charge in [0.05, 0.1) is 23.6 Å². The number of ether oxygens (including phenoxy) is 1. The summed E-state index contributed by atoms with van der Waals surface area (Å²) in [5, 5.41) is 6.69. The van der Waals surface area contributed by atoms with Crippen molar-refractivity contribution in [3.8, 4) is 5.69 Å². The first-order valence-electron chi connectivity index (χ1n) is 7.58. The Morgan fingerprint density at radius 2 is 2.08 bits per heavy atom. The molecule has 1 amide bonds. The molecule has 3 rings (SSSR count). The summed E-state index contributed by atoms with van der Waals surface area (Å²) in [6.07, 6.45) is 4.50. The van der Waals surface area contributed by atoms with Crippen LogP contribution in [0, 0.1) is 0 Å². The molecule has 0 saturated heterocycles. The minimum absolute atomic E-state index is 0.303. The van der Waals surface area contributed by atoms with Gasteiger partial charge < -0.3 is 14.5 Å². The van der Waals surface area contributed by atoms with E-state index in [9.17, 15) is 9.59 Å². The molecule has 1 N–H and O–H groups in total. The Bertz CT molecular complexity index is 826. The molecule has 0 aliphatic heterocycles. The molecule has 0 aliphatic carbocycles. The summed E-state index contributed by atoms with van der Waals surface area (Å²) in [4.78, 5) is 27.7. The van der Waals surface area contributed by atoms with Gasteiger partial charge in [0.15, 0.2) is 6.61 Å². The van der Waals surface area contributed by atoms with Gasteiger partial charge in [-0.25, -0.2) is 14.5 Å². The quantitative estimate of drug-likeness (QED) is 0.688. The number of furan rings is 1. The number of nitrogens with zero attached hydrogens (tertiary/aromatic N) is 3. The summed E-state index contributed by atoms with van der Waals surface area (Å²) in [6, 6.07) is 9.82. The van der Waals surface area contributed by atoms with Crippen LogP contribution in [0.2, 0.25) is 0 Å². The molecule has 0 bridgehead atoms. The van der Waals surface area contributed by atoms with Gasteiger partial charge in [-0.1, -0.05) is 0 Å². The Morgan fingerprint density at radius 3 is 2.72 bits per heavy atom. The summed E-state index contributed by atoms with van der Waals surface area (Å²) in [6.45, 7) is 1.41. The number of esters is 1. The molecule has 0 unspecified atom stereocenters. The van der Waals surface area contributed by atoms with Crippen LogP contribution in [-0.2, 0) is 9.53 Å². The highest BCUT2D eigenvalue weighted by molar-refractivity contribution is 5.91. The van der Waals surface area contributed by atoms with Gasteiger partial charge in [0, 0.05) is 0 Å². The van der Waals surface area contributed by atoms with Crippen molar-refractivity contribution < 1.29 is 18.7 Å². The zero-order chi connectivity index (χ0) is 17.6. The molecule has 128 valence electrons. The summed E-state index contributed by atoms with van der Waals surface area (Å²) in [5.41, 5.74) is 1.11. The van der Waals surface area contributed by atoms with Gasteiger partial charge >= 0.3 is 5.97 Å². The van der Waals surface area contributed by atoms with E-state index in [1.165, 1.54) is 12.6 Å². The van der Waals surface area contributed by atoms with Crippen molar-refractivity contribution in [1.29, 1.82) is 0 Å². The molecular formula is C17H16N4O4. The molecule has 25 heavy (non-hydrogen) atoms. The van der Waals surface area contributed by atoms with Crippen LogP contribution in [0.15, 0.2) is 59.7 Å². The Morgan fingerprint density at radius 1 is 1.28 bits per heavy atom. The molecule has 1 aromatic carbocycles. The van der Waals surface area contributed by atoms with Crippen LogP contribution >= 0.6 is 0 Å². The number of nitrogens with one attached hydrogen (secondary N) is 1. The molecule has 0 spiro atoms. The number of aromatic nitrogens is 3. The second-order valence-corrected chi connectivity index (χ2v) is 5.27. The van der Waals surface area contributed by atoms with Crippen LogP contribution in [-0.4, -0.2) is 33.2 Å². The van der Waals surface area contributed by atoms with Crippen LogP contribution < -0.4 is 5.32 Å². The lowest BCUT2D eigenvalue weighted by Gasteiger charge is -2.11. The predicted octanol–water partition coefficient (Wildman–Crippen LogP) is 1.89. The Hall–Kier alpha value is -3.42. The largest absolute Gasteiger partial charge is 0.467 e. The van der Waals surface area contributed by atoms with E-state index in [0.29, 0.717) is 11.3 Å². The topological polar surface area (TPSA) is 99.2 Å². The second kappa shape index (κ2) is 7.43. The average Bonchev–Trinajstić information content (AvgIpc) is 3.33. The van der Waals surface area contributed by atoms with Crippen molar-refractivity contribution in [3.63, 3.8) is 0 Å². The SMILES string of the molecule is C[C@H](NC(=O)COC(=O)c1ccc(-n2cncn2)cc1)c1ccco1. The number of benzene rings is 1. The van der Waals surface area contributed by atoms with Gasteiger partial charge in [-0.2, -0.15) is 5.10 Å². The molecule has 1 atom stereocenters. The third-order valence-electron chi connectivity index (χ3n) is 3.47. The maximum Gasteiger partial charge on any atom is 0.338 e. The molecule has 2 heterocycles. The number of hydrogen-bond acceptors (Lipinski definition) is 6. The molecule has 0 radical (unpaired) electrons. The van der Waals surface area contributed by atoms with Crippen LogP contribution in [0.25, 0.3) is 5.69 Å². The van der Waals surface area contributed by atoms with Crippen molar-refractivity contribution in [2.75, 3.05) is 6.61 Å². The molecule has 8 heteroatoms. The lowest BCUT2D eigenvalue weighted by Crippen LogP contribution is -2.30. The van der Waals surface area contributed by atoms with E-state index in [2.05, 4.69) is 15.4 Å². The minimum atomic E-state index is -0.578. The summed E-state index contributed by atoms with van der Waals surface area (Å²) < 4.78 is 11.8. The fraction of sp³-hybridized carbons (Fsp3) is 0.176. The highest BCUT2D eigenvalue weighted by Gasteiger charge is 2.14. The van der Waals surface area contributed by atoms with E-state index < -0.39 is 11.9 Å². The number of hydrogen-bond donors (Lipinski definition) is 1. The van der Waals surface area contributed by atoms with Gasteiger partial charge in [0.2, 0.25) is 0 Å². The zero-order valence-electron chi connectivity index (χ0n) is 13.5. The highest BCUT2D eigenvalue weighted by atomic mass is 16.5. The summed E-state index contributed by atoms with van der Waals surface area (Å²) >= 11 is 0. The number of rotatable bonds is 6. The van der Waals surface area contributed by atoms with E-state index in [1.54, 1.807) is 54.3 Å². The van der Waals surface area contributed by atoms with Gasteiger partial charge in [-0.15, -0.1) is 0 Å². The third-order valence-corrected chi connectivity index (χ3v) is 3.47. The van der Waals surface area contributed by atoms with Crippen molar-refractivity contribution in [3.05, 3.63) is 66.6 Å². The fourth-order valence-corrected chi connectivity index (χ4v) is 2.20. The van der Waals surface area contributed by atoms with Crippen LogP contribution in [0.4, 0.5) is 0 Å². The average molecular weight is 340 g/mol. The molecular weight excluding hydrogens is 324 g/mol. The van der Waals surface area contributed by atoms with Crippen molar-refractivity contribution >= 4 is 11.9 Å². The highest BCUT2D eigenvalue weighted by Crippen LogP contribution is 2.12. The van der Waals surface area contributed by atoms with Crippen LogP contribution in [0.3, 0.4) is 0 Å². The number of carbonyl (C=O) groups excluding carboxylic acids is 2. The first-order valence-corrected chi connectivity index (χ1v) is 7.58. The molecule has 8 nitrogen and oxygen atoms in total. The van der Waals surface area contributed by atoms with Crippen molar-refractivity contribution in [1.82, 2.24) is 20.1 Å². The standard InChI is InChI=1S/C17H16N4O4/c1-12(15-3-2-8-24-15)20-16(22)9-25-17(23)13-4-6-14(7-5-13)21-11-18-10-19-21/h2-8,10-12H,9H2,1H3,(H,20,22)/t12-/m0/s1. The van der Waals surface area contributed by atoms with Gasteiger partial charge in [0.1, 0.15) is 18.4 Å². The number of carbonyl (C=O) groups is 2. The van der Waals surface area contributed by atoms with E-state index in [-0.39, 0.29) is 12.6 Å². The lowest BCUT2D eigenvalue weighted by molar-refractivity contribution is -0.125. The van der Waals surface area contributed by atoms with E-state index in [0.717, 1.165) is 5.69 Å². The monoisotopic (exact) mass is 340 g/mol. The Labute approximate surface area is 143 Å². The van der Waals surface area contributed by atoms with Crippen molar-refractivity contribution in [2.24, 2.45) is 0 Å². The van der Waals surface area contributed by atoms with E-state index in [1.807, 2.05) is 0 Å². The minimum Gasteiger partial charge on any atom is -0.467 e. The normalized spacial score (nSPS) is 11.7. The molecule has 2 aromatic heterocycles. The first kappa shape index (κ1) is 16.4. The van der Waals surface area contributed by atoms with Gasteiger partial charge in [-0.3, -0.25) is 4.79 Å². The molecule has 0 fully saturated rings. The first-order chi connectivity index (χ1) is 12.1. The maximum atomic E-state index is 12.0.